The second-order valence-electron chi connectivity index (χ2n) is 8.29. The Morgan fingerprint density at radius 1 is 1.10 bits per heavy atom. The predicted octanol–water partition coefficient (Wildman–Crippen LogP) is 3.39. The van der Waals surface area contributed by atoms with Gasteiger partial charge < -0.3 is 10.1 Å². The van der Waals surface area contributed by atoms with Crippen LogP contribution in [0.1, 0.15) is 36.8 Å². The zero-order valence-electron chi connectivity index (χ0n) is 18.4. The highest BCUT2D eigenvalue weighted by Gasteiger charge is 2.19. The largest absolute Gasteiger partial charge is 0.489 e. The minimum atomic E-state index is -0.0995. The smallest absolute Gasteiger partial charge is 0.263 e. The summed E-state index contributed by atoms with van der Waals surface area (Å²) < 4.78 is 7.78. The van der Waals surface area contributed by atoms with Gasteiger partial charge >= 0.3 is 0 Å². The van der Waals surface area contributed by atoms with Gasteiger partial charge in [-0.2, -0.15) is 0 Å². The first-order chi connectivity index (χ1) is 14.9. The minimum Gasteiger partial charge on any atom is -0.489 e. The zero-order chi connectivity index (χ0) is 22.0. The number of rotatable bonds is 6. The molecular formula is C25H29N3O3. The molecular weight excluding hydrogens is 390 g/mol. The number of fused-ring (bicyclic) bond motifs is 1. The van der Waals surface area contributed by atoms with E-state index in [0.29, 0.717) is 28.9 Å². The van der Waals surface area contributed by atoms with Crippen molar-refractivity contribution in [1.29, 1.82) is 0 Å². The first kappa shape index (κ1) is 21.3. The van der Waals surface area contributed by atoms with E-state index in [1.165, 1.54) is 6.92 Å². The molecule has 0 saturated carbocycles. The van der Waals surface area contributed by atoms with Gasteiger partial charge in [-0.1, -0.05) is 18.2 Å². The third-order valence-corrected chi connectivity index (χ3v) is 5.57. The van der Waals surface area contributed by atoms with E-state index in [-0.39, 0.29) is 17.4 Å². The van der Waals surface area contributed by atoms with Crippen LogP contribution in [0.2, 0.25) is 0 Å². The molecule has 1 aromatic heterocycles. The molecule has 0 spiro atoms. The van der Waals surface area contributed by atoms with Crippen LogP contribution in [0.5, 0.6) is 5.75 Å². The number of ketones is 1. The molecule has 162 valence electrons. The average Bonchev–Trinajstić information content (AvgIpc) is 2.75. The first-order valence-electron chi connectivity index (χ1n) is 10.8. The fourth-order valence-electron chi connectivity index (χ4n) is 4.06. The van der Waals surface area contributed by atoms with Crippen molar-refractivity contribution in [3.05, 3.63) is 70.1 Å². The molecule has 0 aliphatic carbocycles. The fraction of sp³-hybridized carbons (Fsp3) is 0.360. The Morgan fingerprint density at radius 2 is 1.84 bits per heavy atom. The molecule has 6 heteroatoms. The second kappa shape index (κ2) is 9.04. The van der Waals surface area contributed by atoms with Crippen molar-refractivity contribution in [2.24, 2.45) is 0 Å². The SMILES string of the molecule is CC(=O)c1ccc(OC(C)C)c(-n2c(CN3CCNCC3)cc3ccccc3c2=O)c1. The number of pyridine rings is 1. The van der Waals surface area contributed by atoms with E-state index in [4.69, 9.17) is 4.74 Å². The van der Waals surface area contributed by atoms with Crippen LogP contribution in [-0.2, 0) is 6.54 Å². The summed E-state index contributed by atoms with van der Waals surface area (Å²) in [6, 6.07) is 15.1. The molecule has 1 fully saturated rings. The van der Waals surface area contributed by atoms with Crippen molar-refractivity contribution in [1.82, 2.24) is 14.8 Å². The maximum Gasteiger partial charge on any atom is 0.263 e. The molecule has 2 heterocycles. The molecule has 3 aromatic rings. The Balaban J connectivity index is 1.95. The lowest BCUT2D eigenvalue weighted by Gasteiger charge is -2.29. The van der Waals surface area contributed by atoms with Crippen molar-refractivity contribution < 1.29 is 9.53 Å². The summed E-state index contributed by atoms with van der Waals surface area (Å²) in [6.07, 6.45) is -0.0605. The lowest BCUT2D eigenvalue weighted by molar-refractivity contribution is 0.101. The number of nitrogens with one attached hydrogen (secondary N) is 1. The number of Topliss-reactive ketones (excluding diaryl/α,β-unsaturated/α-hetero) is 1. The third-order valence-electron chi connectivity index (χ3n) is 5.57. The van der Waals surface area contributed by atoms with Gasteiger partial charge in [-0.05, 0) is 56.5 Å². The fourth-order valence-corrected chi connectivity index (χ4v) is 4.06. The zero-order valence-corrected chi connectivity index (χ0v) is 18.4. The van der Waals surface area contributed by atoms with Crippen LogP contribution >= 0.6 is 0 Å². The van der Waals surface area contributed by atoms with Gasteiger partial charge in [0.2, 0.25) is 0 Å². The van der Waals surface area contributed by atoms with Crippen LogP contribution < -0.4 is 15.6 Å². The molecule has 0 bridgehead atoms. The summed E-state index contributed by atoms with van der Waals surface area (Å²) >= 11 is 0. The Hall–Kier alpha value is -2.96. The maximum absolute atomic E-state index is 13.7. The van der Waals surface area contributed by atoms with Crippen LogP contribution in [-0.4, -0.2) is 47.5 Å². The Labute approximate surface area is 182 Å². The molecule has 0 unspecified atom stereocenters. The topological polar surface area (TPSA) is 63.6 Å². The summed E-state index contributed by atoms with van der Waals surface area (Å²) in [7, 11) is 0. The molecule has 1 aliphatic heterocycles. The lowest BCUT2D eigenvalue weighted by Crippen LogP contribution is -2.43. The van der Waals surface area contributed by atoms with Crippen molar-refractivity contribution in [2.75, 3.05) is 26.2 Å². The lowest BCUT2D eigenvalue weighted by atomic mass is 10.1. The average molecular weight is 420 g/mol. The third kappa shape index (κ3) is 4.55. The standard InChI is InChI=1S/C25H29N3O3/c1-17(2)31-24-9-8-19(18(3)29)15-23(24)28-21(16-27-12-10-26-11-13-27)14-20-6-4-5-7-22(20)25(28)30/h4-9,14-15,17,26H,10-13,16H2,1-3H3. The first-order valence-corrected chi connectivity index (χ1v) is 10.8. The van der Waals surface area contributed by atoms with E-state index in [2.05, 4.69) is 16.3 Å². The normalized spacial score (nSPS) is 14.8. The Kier molecular flexibility index (Phi) is 6.20. The highest BCUT2D eigenvalue weighted by Crippen LogP contribution is 2.28. The van der Waals surface area contributed by atoms with Gasteiger partial charge in [0, 0.05) is 49.4 Å². The quantitative estimate of drug-likeness (QED) is 0.621. The van der Waals surface area contributed by atoms with Gasteiger partial charge in [0.05, 0.1) is 11.8 Å². The molecule has 31 heavy (non-hydrogen) atoms. The van der Waals surface area contributed by atoms with Gasteiger partial charge in [0.25, 0.3) is 5.56 Å². The molecule has 6 nitrogen and oxygen atoms in total. The number of nitrogens with zero attached hydrogens (tertiary/aromatic N) is 2. The highest BCUT2D eigenvalue weighted by molar-refractivity contribution is 5.95. The molecule has 0 radical (unpaired) electrons. The number of carbonyl (C=O) groups is 1. The summed E-state index contributed by atoms with van der Waals surface area (Å²) in [6.45, 7) is 9.79. The molecule has 1 aliphatic rings. The second-order valence-corrected chi connectivity index (χ2v) is 8.29. The Morgan fingerprint density at radius 3 is 2.55 bits per heavy atom. The summed E-state index contributed by atoms with van der Waals surface area (Å²) in [5, 5.41) is 4.94. The predicted molar refractivity (Wildman–Crippen MR) is 123 cm³/mol. The van der Waals surface area contributed by atoms with E-state index in [9.17, 15) is 9.59 Å². The van der Waals surface area contributed by atoms with E-state index < -0.39 is 0 Å². The number of carbonyl (C=O) groups excluding carboxylic acids is 1. The van der Waals surface area contributed by atoms with Crippen molar-refractivity contribution in [3.63, 3.8) is 0 Å². The maximum atomic E-state index is 13.7. The van der Waals surface area contributed by atoms with Gasteiger partial charge in [0.15, 0.2) is 5.78 Å². The van der Waals surface area contributed by atoms with E-state index in [0.717, 1.165) is 37.3 Å². The van der Waals surface area contributed by atoms with E-state index in [1.54, 1.807) is 22.8 Å². The van der Waals surface area contributed by atoms with E-state index >= 15 is 0 Å². The van der Waals surface area contributed by atoms with Gasteiger partial charge in [-0.25, -0.2) is 0 Å². The Bertz CT molecular complexity index is 1160. The minimum absolute atomic E-state index is 0.0464. The van der Waals surface area contributed by atoms with Crippen LogP contribution in [0.4, 0.5) is 0 Å². The van der Waals surface area contributed by atoms with E-state index in [1.807, 2.05) is 38.1 Å². The van der Waals surface area contributed by atoms with Gasteiger partial charge in [-0.3, -0.25) is 19.1 Å². The molecule has 0 amide bonds. The number of benzene rings is 2. The van der Waals surface area contributed by atoms with Crippen LogP contribution in [0.25, 0.3) is 16.5 Å². The number of ether oxygens (including phenoxy) is 1. The van der Waals surface area contributed by atoms with Crippen molar-refractivity contribution >= 4 is 16.6 Å². The number of piperazine rings is 1. The summed E-state index contributed by atoms with van der Waals surface area (Å²) in [5.41, 5.74) is 1.96. The highest BCUT2D eigenvalue weighted by atomic mass is 16.5. The van der Waals surface area contributed by atoms with Gasteiger partial charge in [0.1, 0.15) is 5.75 Å². The molecule has 1 N–H and O–H groups in total. The van der Waals surface area contributed by atoms with Crippen LogP contribution in [0, 0.1) is 0 Å². The molecule has 4 rings (SSSR count). The monoisotopic (exact) mass is 419 g/mol. The van der Waals surface area contributed by atoms with Crippen LogP contribution in [0.15, 0.2) is 53.3 Å². The van der Waals surface area contributed by atoms with Crippen molar-refractivity contribution in [3.8, 4) is 11.4 Å². The number of aromatic nitrogens is 1. The molecule has 0 atom stereocenters. The molecule has 2 aromatic carbocycles. The summed E-state index contributed by atoms with van der Waals surface area (Å²) in [5.74, 6) is 0.550. The van der Waals surface area contributed by atoms with Gasteiger partial charge in [-0.15, -0.1) is 0 Å². The van der Waals surface area contributed by atoms with Crippen molar-refractivity contribution in [2.45, 2.75) is 33.4 Å². The number of hydrogen-bond acceptors (Lipinski definition) is 5. The number of hydrogen-bond donors (Lipinski definition) is 1. The van der Waals surface area contributed by atoms with Crippen LogP contribution in [0.3, 0.4) is 0 Å². The summed E-state index contributed by atoms with van der Waals surface area (Å²) in [4.78, 5) is 28.2. The molecule has 1 saturated heterocycles.